The van der Waals surface area contributed by atoms with Crippen LogP contribution in [-0.4, -0.2) is 28.7 Å². The Morgan fingerprint density at radius 2 is 2.13 bits per heavy atom. The summed E-state index contributed by atoms with van der Waals surface area (Å²) in [6, 6.07) is 9.18. The highest BCUT2D eigenvalue weighted by molar-refractivity contribution is 6.08. The molecule has 0 saturated heterocycles. The van der Waals surface area contributed by atoms with Crippen molar-refractivity contribution in [2.45, 2.75) is 25.2 Å². The smallest absolute Gasteiger partial charge is 0.302 e. The maximum Gasteiger partial charge on any atom is 0.302 e. The summed E-state index contributed by atoms with van der Waals surface area (Å²) in [5.74, 6) is 1.26. The van der Waals surface area contributed by atoms with E-state index < -0.39 is 5.92 Å². The van der Waals surface area contributed by atoms with Gasteiger partial charge in [0.1, 0.15) is 17.3 Å². The number of aromatic nitrogens is 2. The Labute approximate surface area is 177 Å². The number of nitrogens with zero attached hydrogens (tertiary/aromatic N) is 2. The number of amidine groups is 1. The average molecular weight is 419 g/mol. The van der Waals surface area contributed by atoms with Gasteiger partial charge in [0, 0.05) is 35.9 Å². The number of nitrogens with two attached hydrogens (primary N) is 2. The van der Waals surface area contributed by atoms with Crippen LogP contribution in [0.2, 0.25) is 0 Å². The van der Waals surface area contributed by atoms with Gasteiger partial charge in [-0.15, -0.1) is 0 Å². The molecule has 1 atom stereocenters. The fraction of sp³-hybridized carbons (Fsp3) is 0.227. The van der Waals surface area contributed by atoms with Crippen molar-refractivity contribution in [1.82, 2.24) is 9.97 Å². The van der Waals surface area contributed by atoms with E-state index in [0.717, 1.165) is 17.5 Å². The first-order valence-electron chi connectivity index (χ1n) is 9.91. The van der Waals surface area contributed by atoms with Crippen LogP contribution in [0.5, 0.6) is 17.7 Å². The molecule has 3 heterocycles. The number of carbonyl (C=O) groups is 1. The number of allylic oxidation sites excluding steroid dienone is 2. The second-order valence-electron chi connectivity index (χ2n) is 7.37. The molecule has 1 aromatic carbocycles. The summed E-state index contributed by atoms with van der Waals surface area (Å²) in [4.78, 5) is 24.6. The van der Waals surface area contributed by atoms with E-state index in [1.165, 1.54) is 6.20 Å². The maximum absolute atomic E-state index is 12.7. The number of benzene rings is 1. The minimum atomic E-state index is -0.511. The van der Waals surface area contributed by atoms with E-state index in [9.17, 15) is 4.79 Å². The minimum Gasteiger partial charge on any atom is -0.497 e. The first-order valence-corrected chi connectivity index (χ1v) is 9.91. The molecule has 0 bridgehead atoms. The molecular formula is C22H21N5O4. The van der Waals surface area contributed by atoms with Gasteiger partial charge in [-0.1, -0.05) is 0 Å². The second kappa shape index (κ2) is 7.35. The molecule has 0 spiro atoms. The van der Waals surface area contributed by atoms with Crippen LogP contribution in [0.15, 0.2) is 62.8 Å². The third-order valence-electron chi connectivity index (χ3n) is 5.51. The van der Waals surface area contributed by atoms with Crippen LogP contribution < -0.4 is 20.9 Å². The zero-order chi connectivity index (χ0) is 21.5. The van der Waals surface area contributed by atoms with Crippen molar-refractivity contribution < 1.29 is 18.7 Å². The number of methoxy groups -OCH3 is 1. The minimum absolute atomic E-state index is 0.0342. The van der Waals surface area contributed by atoms with Crippen LogP contribution in [-0.2, 0) is 4.79 Å². The highest BCUT2D eigenvalue weighted by atomic mass is 16.6. The molecule has 9 heteroatoms. The standard InChI is InChI=1S/C22H21N5O4/c1-29-11-5-6-13-15(9-11)27-22(26-13)31-18-8-7-17(30-18)19-12(10-23)21(24)25-14-3-2-4-16(28)20(14)19/h5-10,19H,2-4,23H2,1H3,(H2,24,25)(H,26,27)/b12-10-. The molecule has 3 aromatic rings. The first kappa shape index (κ1) is 19.0. The number of furan rings is 1. The van der Waals surface area contributed by atoms with E-state index in [1.54, 1.807) is 19.2 Å². The van der Waals surface area contributed by atoms with Crippen molar-refractivity contribution in [2.24, 2.45) is 16.5 Å². The zero-order valence-electron chi connectivity index (χ0n) is 16.8. The van der Waals surface area contributed by atoms with E-state index >= 15 is 0 Å². The number of fused-ring (bicyclic) bond motifs is 1. The highest BCUT2D eigenvalue weighted by Crippen LogP contribution is 2.43. The second-order valence-corrected chi connectivity index (χ2v) is 7.37. The number of hydrogen-bond donors (Lipinski definition) is 3. The van der Waals surface area contributed by atoms with Crippen molar-refractivity contribution >= 4 is 22.7 Å². The number of carbonyl (C=O) groups excluding carboxylic acids is 1. The molecular weight excluding hydrogens is 398 g/mol. The first-order chi connectivity index (χ1) is 15.1. The van der Waals surface area contributed by atoms with Gasteiger partial charge in [0.25, 0.3) is 5.95 Å². The van der Waals surface area contributed by atoms with Gasteiger partial charge in [-0.2, -0.15) is 4.98 Å². The molecule has 1 aliphatic carbocycles. The summed E-state index contributed by atoms with van der Waals surface area (Å²) in [6.45, 7) is 0. The Balaban J connectivity index is 1.47. The number of Topliss-reactive ketones (excluding diaryl/α,β-unsaturated/α-hetero) is 1. The molecule has 0 radical (unpaired) electrons. The number of H-pyrrole nitrogens is 1. The predicted octanol–water partition coefficient (Wildman–Crippen LogP) is 3.26. The van der Waals surface area contributed by atoms with Gasteiger partial charge in [-0.05, 0) is 31.0 Å². The zero-order valence-corrected chi connectivity index (χ0v) is 16.8. The van der Waals surface area contributed by atoms with Gasteiger partial charge in [0.2, 0.25) is 0 Å². The van der Waals surface area contributed by atoms with Crippen LogP contribution in [0.4, 0.5) is 0 Å². The Morgan fingerprint density at radius 1 is 1.26 bits per heavy atom. The van der Waals surface area contributed by atoms with E-state index in [-0.39, 0.29) is 17.7 Å². The number of nitrogens with one attached hydrogen (secondary N) is 1. The van der Waals surface area contributed by atoms with Crippen molar-refractivity contribution in [1.29, 1.82) is 0 Å². The van der Waals surface area contributed by atoms with E-state index in [2.05, 4.69) is 15.0 Å². The van der Waals surface area contributed by atoms with Gasteiger partial charge in [-0.3, -0.25) is 4.79 Å². The lowest BCUT2D eigenvalue weighted by atomic mass is 9.78. The van der Waals surface area contributed by atoms with Crippen LogP contribution in [0.1, 0.15) is 30.9 Å². The van der Waals surface area contributed by atoms with Gasteiger partial charge < -0.3 is 30.3 Å². The third kappa shape index (κ3) is 3.24. The molecule has 2 aliphatic rings. The summed E-state index contributed by atoms with van der Waals surface area (Å²) in [5.41, 5.74) is 15.3. The molecule has 0 fully saturated rings. The van der Waals surface area contributed by atoms with Crippen LogP contribution >= 0.6 is 0 Å². The molecule has 5 rings (SSSR count). The Bertz CT molecular complexity index is 1280. The highest BCUT2D eigenvalue weighted by Gasteiger charge is 2.37. The van der Waals surface area contributed by atoms with Crippen LogP contribution in [0.3, 0.4) is 0 Å². The summed E-state index contributed by atoms with van der Waals surface area (Å²) < 4.78 is 17.0. The lowest BCUT2D eigenvalue weighted by Gasteiger charge is -2.29. The Kier molecular flexibility index (Phi) is 4.50. The van der Waals surface area contributed by atoms with Crippen molar-refractivity contribution in [3.8, 4) is 17.7 Å². The van der Waals surface area contributed by atoms with Crippen molar-refractivity contribution in [2.75, 3.05) is 7.11 Å². The number of ether oxygens (including phenoxy) is 2. The molecule has 0 amide bonds. The monoisotopic (exact) mass is 419 g/mol. The summed E-state index contributed by atoms with van der Waals surface area (Å²) in [5, 5.41) is 0. The van der Waals surface area contributed by atoms with Crippen molar-refractivity contribution in [3.63, 3.8) is 0 Å². The number of hydrogen-bond acceptors (Lipinski definition) is 8. The van der Waals surface area contributed by atoms with Crippen LogP contribution in [0.25, 0.3) is 11.0 Å². The molecule has 1 aliphatic heterocycles. The molecule has 1 unspecified atom stereocenters. The van der Waals surface area contributed by atoms with Gasteiger partial charge >= 0.3 is 6.01 Å². The normalized spacial score (nSPS) is 20.2. The van der Waals surface area contributed by atoms with Gasteiger partial charge in [0.05, 0.1) is 29.8 Å². The molecule has 5 N–H and O–H groups in total. The lowest BCUT2D eigenvalue weighted by Crippen LogP contribution is -2.30. The molecule has 2 aromatic heterocycles. The Morgan fingerprint density at radius 3 is 2.94 bits per heavy atom. The molecule has 0 saturated carbocycles. The SMILES string of the molecule is COc1ccc2nc(Oc3ccc(C4C5=C(CCCC5=O)N=C(N)/C4=C\N)o3)[nH]c2c1. The number of imidazole rings is 1. The van der Waals surface area contributed by atoms with E-state index in [4.69, 9.17) is 25.4 Å². The maximum atomic E-state index is 12.7. The topological polar surface area (TPSA) is 142 Å². The quantitative estimate of drug-likeness (QED) is 0.589. The van der Waals surface area contributed by atoms with Gasteiger partial charge in [0.15, 0.2) is 5.78 Å². The number of ketones is 1. The largest absolute Gasteiger partial charge is 0.497 e. The average Bonchev–Trinajstić information content (AvgIpc) is 3.38. The van der Waals surface area contributed by atoms with Gasteiger partial charge in [-0.25, -0.2) is 4.99 Å². The van der Waals surface area contributed by atoms with Crippen LogP contribution in [0, 0.1) is 0 Å². The Hall–Kier alpha value is -4.01. The fourth-order valence-electron chi connectivity index (χ4n) is 4.06. The molecule has 31 heavy (non-hydrogen) atoms. The molecule has 158 valence electrons. The summed E-state index contributed by atoms with van der Waals surface area (Å²) >= 11 is 0. The van der Waals surface area contributed by atoms with E-state index in [0.29, 0.717) is 47.0 Å². The third-order valence-corrected chi connectivity index (χ3v) is 5.51. The number of aromatic amines is 1. The summed E-state index contributed by atoms with van der Waals surface area (Å²) in [7, 11) is 1.60. The van der Waals surface area contributed by atoms with E-state index in [1.807, 2.05) is 18.2 Å². The summed E-state index contributed by atoms with van der Waals surface area (Å²) in [6.07, 6.45) is 3.30. The number of aliphatic imine (C=N–C) groups is 1. The molecule has 9 nitrogen and oxygen atoms in total. The lowest BCUT2D eigenvalue weighted by molar-refractivity contribution is -0.116. The number of rotatable bonds is 4. The fourth-order valence-corrected chi connectivity index (χ4v) is 4.06. The van der Waals surface area contributed by atoms with Crippen molar-refractivity contribution in [3.05, 3.63) is 59.1 Å². The predicted molar refractivity (Wildman–Crippen MR) is 114 cm³/mol.